The number of amides is 1. The van der Waals surface area contributed by atoms with Gasteiger partial charge in [-0.25, -0.2) is 14.4 Å². The zero-order valence-electron chi connectivity index (χ0n) is 16.3. The van der Waals surface area contributed by atoms with Gasteiger partial charge in [-0.05, 0) is 54.8 Å². The second kappa shape index (κ2) is 9.09. The first-order chi connectivity index (χ1) is 14.7. The molecule has 0 unspecified atom stereocenters. The van der Waals surface area contributed by atoms with Crippen LogP contribution in [0.2, 0.25) is 0 Å². The van der Waals surface area contributed by atoms with Gasteiger partial charge in [0.2, 0.25) is 0 Å². The summed E-state index contributed by atoms with van der Waals surface area (Å²) < 4.78 is 13.3. The fraction of sp³-hybridized carbons (Fsp3) is 0.0800. The number of anilines is 1. The molecule has 0 saturated carbocycles. The van der Waals surface area contributed by atoms with Crippen LogP contribution in [0.1, 0.15) is 21.6 Å². The number of carbonyl (C=O) groups excluding carboxylic acids is 1. The second-order valence-corrected chi connectivity index (χ2v) is 6.86. The summed E-state index contributed by atoms with van der Waals surface area (Å²) in [5, 5.41) is 2.88. The molecule has 3 aromatic carbocycles. The van der Waals surface area contributed by atoms with Gasteiger partial charge in [0.1, 0.15) is 5.82 Å². The number of aromatic nitrogens is 2. The van der Waals surface area contributed by atoms with E-state index in [4.69, 9.17) is 4.98 Å². The van der Waals surface area contributed by atoms with Gasteiger partial charge < -0.3 is 5.32 Å². The molecule has 0 aliphatic carbocycles. The molecule has 1 heterocycles. The largest absolute Gasteiger partial charge is 0.305 e. The number of benzene rings is 3. The summed E-state index contributed by atoms with van der Waals surface area (Å²) in [6.45, 7) is 0. The molecule has 0 fully saturated rings. The monoisotopic (exact) mass is 397 g/mol. The lowest BCUT2D eigenvalue weighted by Crippen LogP contribution is -2.16. The van der Waals surface area contributed by atoms with Crippen molar-refractivity contribution in [3.8, 4) is 11.3 Å². The van der Waals surface area contributed by atoms with Crippen molar-refractivity contribution in [2.24, 2.45) is 0 Å². The molecule has 1 N–H and O–H groups in total. The molecule has 0 aliphatic rings. The molecule has 4 rings (SSSR count). The first-order valence-corrected chi connectivity index (χ1v) is 9.71. The lowest BCUT2D eigenvalue weighted by molar-refractivity contribution is 0.102. The number of halogens is 1. The molecule has 4 aromatic rings. The molecule has 0 radical (unpaired) electrons. The highest BCUT2D eigenvalue weighted by Crippen LogP contribution is 2.22. The Kier molecular flexibility index (Phi) is 5.90. The van der Waals surface area contributed by atoms with E-state index in [0.717, 1.165) is 12.0 Å². The Morgan fingerprint density at radius 3 is 2.20 bits per heavy atom. The van der Waals surface area contributed by atoms with E-state index in [2.05, 4.69) is 22.4 Å². The minimum Gasteiger partial charge on any atom is -0.305 e. The molecular weight excluding hydrogens is 377 g/mol. The van der Waals surface area contributed by atoms with Crippen molar-refractivity contribution in [2.75, 3.05) is 5.32 Å². The average molecular weight is 397 g/mol. The van der Waals surface area contributed by atoms with Crippen molar-refractivity contribution in [3.63, 3.8) is 0 Å². The number of hydrogen-bond acceptors (Lipinski definition) is 3. The van der Waals surface area contributed by atoms with E-state index in [9.17, 15) is 9.18 Å². The number of hydrogen-bond donors (Lipinski definition) is 1. The number of nitrogens with zero attached hydrogens (tertiary/aromatic N) is 2. The van der Waals surface area contributed by atoms with E-state index in [1.54, 1.807) is 30.5 Å². The standard InChI is InChI=1S/C25H20FN3O/c26-21-14-12-19(13-15-21)23-17-27-24(29-25(30)20-9-5-2-6-10-20)22(28-23)16-11-18-7-3-1-4-8-18/h1-10,12-15,17H,11,16H2,(H,27,29,30). The van der Waals surface area contributed by atoms with Gasteiger partial charge in [0.25, 0.3) is 5.91 Å². The number of carbonyl (C=O) groups is 1. The summed E-state index contributed by atoms with van der Waals surface area (Å²) >= 11 is 0. The van der Waals surface area contributed by atoms with Crippen molar-refractivity contribution in [2.45, 2.75) is 12.8 Å². The highest BCUT2D eigenvalue weighted by atomic mass is 19.1. The predicted molar refractivity (Wildman–Crippen MR) is 116 cm³/mol. The van der Waals surface area contributed by atoms with Gasteiger partial charge in [0.15, 0.2) is 5.82 Å². The molecule has 1 amide bonds. The number of nitrogens with one attached hydrogen (secondary N) is 1. The Hall–Kier alpha value is -3.86. The first kappa shape index (κ1) is 19.5. The summed E-state index contributed by atoms with van der Waals surface area (Å²) in [4.78, 5) is 21.8. The maximum absolute atomic E-state index is 13.3. The molecule has 4 nitrogen and oxygen atoms in total. The summed E-state index contributed by atoms with van der Waals surface area (Å²) in [5.41, 5.74) is 3.81. The van der Waals surface area contributed by atoms with Gasteiger partial charge >= 0.3 is 0 Å². The van der Waals surface area contributed by atoms with E-state index in [1.807, 2.05) is 36.4 Å². The maximum atomic E-state index is 13.3. The van der Waals surface area contributed by atoms with E-state index in [-0.39, 0.29) is 11.7 Å². The summed E-state index contributed by atoms with van der Waals surface area (Å²) in [6.07, 6.45) is 2.97. The second-order valence-electron chi connectivity index (χ2n) is 6.86. The van der Waals surface area contributed by atoms with E-state index >= 15 is 0 Å². The Balaban J connectivity index is 1.63. The van der Waals surface area contributed by atoms with Gasteiger partial charge in [-0.2, -0.15) is 0 Å². The fourth-order valence-electron chi connectivity index (χ4n) is 3.14. The molecule has 0 saturated heterocycles. The van der Waals surface area contributed by atoms with E-state index < -0.39 is 0 Å². The molecular formula is C25H20FN3O. The predicted octanol–water partition coefficient (Wildman–Crippen LogP) is 5.32. The molecule has 148 valence electrons. The molecule has 30 heavy (non-hydrogen) atoms. The third kappa shape index (κ3) is 4.75. The Bertz CT molecular complexity index is 1130. The van der Waals surface area contributed by atoms with Crippen molar-refractivity contribution in [1.82, 2.24) is 9.97 Å². The smallest absolute Gasteiger partial charge is 0.256 e. The molecule has 0 aliphatic heterocycles. The third-order valence-corrected chi connectivity index (χ3v) is 4.75. The van der Waals surface area contributed by atoms with E-state index in [0.29, 0.717) is 29.2 Å². The lowest BCUT2D eigenvalue weighted by Gasteiger charge is -2.12. The van der Waals surface area contributed by atoms with Crippen LogP contribution < -0.4 is 5.32 Å². The molecule has 0 atom stereocenters. The summed E-state index contributed by atoms with van der Waals surface area (Å²) in [6, 6.07) is 25.2. The fourth-order valence-corrected chi connectivity index (χ4v) is 3.14. The summed E-state index contributed by atoms with van der Waals surface area (Å²) in [5.74, 6) is -0.103. The average Bonchev–Trinajstić information content (AvgIpc) is 2.80. The Labute approximate surface area is 174 Å². The number of aryl methyl sites for hydroxylation is 2. The zero-order valence-corrected chi connectivity index (χ0v) is 16.3. The molecule has 1 aromatic heterocycles. The van der Waals surface area contributed by atoms with Crippen LogP contribution in [0.4, 0.5) is 10.2 Å². The minimum atomic E-state index is -0.303. The Morgan fingerprint density at radius 1 is 0.833 bits per heavy atom. The van der Waals surface area contributed by atoms with Crippen LogP contribution in [0.25, 0.3) is 11.3 Å². The van der Waals surface area contributed by atoms with Crippen LogP contribution in [-0.4, -0.2) is 15.9 Å². The maximum Gasteiger partial charge on any atom is 0.256 e. The molecule has 0 bridgehead atoms. The van der Waals surface area contributed by atoms with Crippen LogP contribution in [0.15, 0.2) is 91.1 Å². The lowest BCUT2D eigenvalue weighted by atomic mass is 10.1. The minimum absolute atomic E-state index is 0.236. The normalized spacial score (nSPS) is 10.6. The van der Waals surface area contributed by atoms with Gasteiger partial charge in [-0.15, -0.1) is 0 Å². The van der Waals surface area contributed by atoms with Crippen molar-refractivity contribution in [3.05, 3.63) is 114 Å². The SMILES string of the molecule is O=C(Nc1ncc(-c2ccc(F)cc2)nc1CCc1ccccc1)c1ccccc1. The Morgan fingerprint density at radius 2 is 1.50 bits per heavy atom. The van der Waals surface area contributed by atoms with Gasteiger partial charge in [-0.3, -0.25) is 4.79 Å². The summed E-state index contributed by atoms with van der Waals surface area (Å²) in [7, 11) is 0. The van der Waals surface area contributed by atoms with Crippen LogP contribution in [0, 0.1) is 5.82 Å². The van der Waals surface area contributed by atoms with E-state index in [1.165, 1.54) is 17.7 Å². The molecule has 5 heteroatoms. The van der Waals surface area contributed by atoms with Crippen LogP contribution in [-0.2, 0) is 12.8 Å². The highest BCUT2D eigenvalue weighted by molar-refractivity contribution is 6.04. The van der Waals surface area contributed by atoms with Crippen molar-refractivity contribution < 1.29 is 9.18 Å². The topological polar surface area (TPSA) is 54.9 Å². The van der Waals surface area contributed by atoms with Crippen LogP contribution >= 0.6 is 0 Å². The zero-order chi connectivity index (χ0) is 20.8. The van der Waals surface area contributed by atoms with Crippen LogP contribution in [0.3, 0.4) is 0 Å². The first-order valence-electron chi connectivity index (χ1n) is 9.71. The third-order valence-electron chi connectivity index (χ3n) is 4.75. The quantitative estimate of drug-likeness (QED) is 0.479. The van der Waals surface area contributed by atoms with Crippen LogP contribution in [0.5, 0.6) is 0 Å². The van der Waals surface area contributed by atoms with Gasteiger partial charge in [-0.1, -0.05) is 48.5 Å². The highest BCUT2D eigenvalue weighted by Gasteiger charge is 2.13. The molecule has 0 spiro atoms. The van der Waals surface area contributed by atoms with Crippen molar-refractivity contribution >= 4 is 11.7 Å². The van der Waals surface area contributed by atoms with Crippen molar-refractivity contribution in [1.29, 1.82) is 0 Å². The number of rotatable bonds is 6. The van der Waals surface area contributed by atoms with Gasteiger partial charge in [0.05, 0.1) is 17.6 Å². The van der Waals surface area contributed by atoms with Gasteiger partial charge in [0, 0.05) is 11.1 Å².